The minimum absolute atomic E-state index is 0.115. The molecule has 0 radical (unpaired) electrons. The van der Waals surface area contributed by atoms with E-state index in [9.17, 15) is 4.79 Å². The SMILES string of the molecule is Cc1ccc(/C=N/N(C(=O)Cc2ccccc2)c2nc3ccc(C)cc3s2)cc1. The third kappa shape index (κ3) is 4.58. The Kier molecular flexibility index (Phi) is 5.49. The van der Waals surface area contributed by atoms with Crippen LogP contribution in [0.5, 0.6) is 0 Å². The molecule has 0 saturated heterocycles. The van der Waals surface area contributed by atoms with Crippen LogP contribution in [0.4, 0.5) is 5.13 Å². The Morgan fingerprint density at radius 3 is 2.48 bits per heavy atom. The molecule has 4 rings (SSSR count). The van der Waals surface area contributed by atoms with Crippen molar-refractivity contribution in [3.8, 4) is 0 Å². The van der Waals surface area contributed by atoms with E-state index < -0.39 is 0 Å². The number of aryl methyl sites for hydroxylation is 2. The van der Waals surface area contributed by atoms with Crippen LogP contribution in [0.3, 0.4) is 0 Å². The second-order valence-corrected chi connectivity index (χ2v) is 8.00. The normalized spacial score (nSPS) is 11.2. The molecule has 0 aliphatic rings. The summed E-state index contributed by atoms with van der Waals surface area (Å²) in [5.74, 6) is -0.115. The molecule has 4 aromatic rings. The molecule has 0 atom stereocenters. The van der Waals surface area contributed by atoms with Crippen molar-refractivity contribution in [2.45, 2.75) is 20.3 Å². The Labute approximate surface area is 174 Å². The molecule has 29 heavy (non-hydrogen) atoms. The van der Waals surface area contributed by atoms with Gasteiger partial charge in [0.2, 0.25) is 5.13 Å². The van der Waals surface area contributed by atoms with Gasteiger partial charge in [0, 0.05) is 0 Å². The third-order valence-corrected chi connectivity index (χ3v) is 5.54. The Morgan fingerprint density at radius 2 is 1.72 bits per heavy atom. The standard InChI is InChI=1S/C24H21N3OS/c1-17-8-11-20(12-9-17)16-25-27(23(28)15-19-6-4-3-5-7-19)24-26-21-13-10-18(2)14-22(21)29-24/h3-14,16H,15H2,1-2H3/b25-16+. The second-order valence-electron chi connectivity index (χ2n) is 6.99. The summed E-state index contributed by atoms with van der Waals surface area (Å²) < 4.78 is 1.04. The Bertz CT molecular complexity index is 1160. The highest BCUT2D eigenvalue weighted by Gasteiger charge is 2.19. The van der Waals surface area contributed by atoms with E-state index in [1.807, 2.05) is 80.6 Å². The van der Waals surface area contributed by atoms with Crippen molar-refractivity contribution in [2.75, 3.05) is 5.01 Å². The largest absolute Gasteiger partial charge is 0.272 e. The van der Waals surface area contributed by atoms with Crippen molar-refractivity contribution in [3.05, 3.63) is 95.1 Å². The van der Waals surface area contributed by atoms with E-state index in [1.165, 1.54) is 21.9 Å². The number of benzene rings is 3. The van der Waals surface area contributed by atoms with Crippen molar-refractivity contribution < 1.29 is 4.79 Å². The van der Waals surface area contributed by atoms with Crippen LogP contribution in [-0.2, 0) is 11.2 Å². The van der Waals surface area contributed by atoms with E-state index in [0.717, 1.165) is 26.9 Å². The quantitative estimate of drug-likeness (QED) is 0.327. The van der Waals surface area contributed by atoms with Gasteiger partial charge in [-0.3, -0.25) is 4.79 Å². The van der Waals surface area contributed by atoms with Gasteiger partial charge in [0.05, 0.1) is 22.9 Å². The lowest BCUT2D eigenvalue weighted by Crippen LogP contribution is -2.27. The first-order chi connectivity index (χ1) is 14.1. The molecule has 0 fully saturated rings. The van der Waals surface area contributed by atoms with Gasteiger partial charge in [-0.15, -0.1) is 0 Å². The molecule has 0 aliphatic heterocycles. The summed E-state index contributed by atoms with van der Waals surface area (Å²) in [6.07, 6.45) is 1.97. The molecule has 1 aromatic heterocycles. The van der Waals surface area contributed by atoms with Gasteiger partial charge < -0.3 is 0 Å². The molecule has 1 heterocycles. The minimum Gasteiger partial charge on any atom is -0.272 e. The van der Waals surface area contributed by atoms with E-state index in [-0.39, 0.29) is 12.3 Å². The molecular formula is C24H21N3OS. The van der Waals surface area contributed by atoms with Gasteiger partial charge in [-0.05, 0) is 42.7 Å². The molecule has 3 aromatic carbocycles. The van der Waals surface area contributed by atoms with E-state index in [2.05, 4.69) is 16.2 Å². The number of carbonyl (C=O) groups is 1. The predicted molar refractivity (Wildman–Crippen MR) is 121 cm³/mol. The lowest BCUT2D eigenvalue weighted by atomic mass is 10.1. The first-order valence-electron chi connectivity index (χ1n) is 9.43. The van der Waals surface area contributed by atoms with E-state index in [0.29, 0.717) is 5.13 Å². The van der Waals surface area contributed by atoms with Gasteiger partial charge in [0.15, 0.2) is 0 Å². The average molecular weight is 400 g/mol. The zero-order chi connectivity index (χ0) is 20.2. The zero-order valence-corrected chi connectivity index (χ0v) is 17.2. The average Bonchev–Trinajstić information content (AvgIpc) is 3.13. The molecule has 0 unspecified atom stereocenters. The molecule has 1 amide bonds. The van der Waals surface area contributed by atoms with Gasteiger partial charge in [-0.2, -0.15) is 10.1 Å². The van der Waals surface area contributed by atoms with E-state index in [1.54, 1.807) is 6.21 Å². The molecule has 0 aliphatic carbocycles. The highest BCUT2D eigenvalue weighted by atomic mass is 32.1. The smallest absolute Gasteiger partial charge is 0.253 e. The van der Waals surface area contributed by atoms with Crippen molar-refractivity contribution in [3.63, 3.8) is 0 Å². The second kappa shape index (κ2) is 8.37. The summed E-state index contributed by atoms with van der Waals surface area (Å²) in [5.41, 5.74) is 5.10. The number of hydrazone groups is 1. The van der Waals surface area contributed by atoms with Crippen molar-refractivity contribution >= 4 is 38.8 Å². The lowest BCUT2D eigenvalue weighted by Gasteiger charge is -2.14. The van der Waals surface area contributed by atoms with Crippen molar-refractivity contribution in [2.24, 2.45) is 5.10 Å². The molecule has 0 N–H and O–H groups in total. The highest BCUT2D eigenvalue weighted by Crippen LogP contribution is 2.30. The summed E-state index contributed by atoms with van der Waals surface area (Å²) in [6.45, 7) is 4.09. The van der Waals surface area contributed by atoms with Gasteiger partial charge in [-0.1, -0.05) is 77.6 Å². The van der Waals surface area contributed by atoms with Crippen LogP contribution in [0.1, 0.15) is 22.3 Å². The van der Waals surface area contributed by atoms with Crippen LogP contribution >= 0.6 is 11.3 Å². The van der Waals surface area contributed by atoms with Crippen molar-refractivity contribution in [1.29, 1.82) is 0 Å². The fourth-order valence-electron chi connectivity index (χ4n) is 2.95. The van der Waals surface area contributed by atoms with Crippen LogP contribution < -0.4 is 5.01 Å². The summed E-state index contributed by atoms with van der Waals surface area (Å²) >= 11 is 1.48. The summed E-state index contributed by atoms with van der Waals surface area (Å²) in [5, 5.41) is 6.52. The molecule has 5 heteroatoms. The number of thiazole rings is 1. The molecule has 144 valence electrons. The highest BCUT2D eigenvalue weighted by molar-refractivity contribution is 7.22. The number of fused-ring (bicyclic) bond motifs is 1. The molecular weight excluding hydrogens is 378 g/mol. The van der Waals surface area contributed by atoms with Crippen LogP contribution in [0.15, 0.2) is 77.9 Å². The monoisotopic (exact) mass is 399 g/mol. The van der Waals surface area contributed by atoms with Crippen LogP contribution in [-0.4, -0.2) is 17.1 Å². The Hall–Kier alpha value is -3.31. The predicted octanol–water partition coefficient (Wildman–Crippen LogP) is 5.52. The molecule has 0 bridgehead atoms. The number of hydrogen-bond donors (Lipinski definition) is 0. The third-order valence-electron chi connectivity index (χ3n) is 4.55. The summed E-state index contributed by atoms with van der Waals surface area (Å²) in [4.78, 5) is 17.8. The summed E-state index contributed by atoms with van der Waals surface area (Å²) in [7, 11) is 0. The number of aromatic nitrogens is 1. The lowest BCUT2D eigenvalue weighted by molar-refractivity contribution is -0.118. The maximum atomic E-state index is 13.1. The van der Waals surface area contributed by atoms with Gasteiger partial charge in [0.1, 0.15) is 0 Å². The van der Waals surface area contributed by atoms with Gasteiger partial charge in [0.25, 0.3) is 5.91 Å². The van der Waals surface area contributed by atoms with Gasteiger partial charge in [-0.25, -0.2) is 4.98 Å². The first kappa shape index (κ1) is 19.0. The van der Waals surface area contributed by atoms with Crippen LogP contribution in [0.25, 0.3) is 10.2 Å². The molecule has 4 nitrogen and oxygen atoms in total. The number of rotatable bonds is 5. The number of nitrogens with zero attached hydrogens (tertiary/aromatic N) is 3. The Balaban J connectivity index is 1.68. The Morgan fingerprint density at radius 1 is 1.00 bits per heavy atom. The maximum Gasteiger partial charge on any atom is 0.253 e. The minimum atomic E-state index is -0.115. The number of anilines is 1. The van der Waals surface area contributed by atoms with Crippen LogP contribution in [0, 0.1) is 13.8 Å². The van der Waals surface area contributed by atoms with E-state index >= 15 is 0 Å². The number of carbonyl (C=O) groups excluding carboxylic acids is 1. The topological polar surface area (TPSA) is 45.6 Å². The van der Waals surface area contributed by atoms with Crippen molar-refractivity contribution in [1.82, 2.24) is 4.98 Å². The van der Waals surface area contributed by atoms with Gasteiger partial charge >= 0.3 is 0 Å². The van der Waals surface area contributed by atoms with Crippen LogP contribution in [0.2, 0.25) is 0 Å². The fourth-order valence-corrected chi connectivity index (χ4v) is 3.99. The number of amides is 1. The maximum absolute atomic E-state index is 13.1. The summed E-state index contributed by atoms with van der Waals surface area (Å²) in [6, 6.07) is 23.8. The molecule has 0 spiro atoms. The molecule has 0 saturated carbocycles. The number of hydrogen-bond acceptors (Lipinski definition) is 4. The fraction of sp³-hybridized carbons (Fsp3) is 0.125. The first-order valence-corrected chi connectivity index (χ1v) is 10.2. The van der Waals surface area contributed by atoms with E-state index in [4.69, 9.17) is 0 Å². The zero-order valence-electron chi connectivity index (χ0n) is 16.4.